The van der Waals surface area contributed by atoms with Gasteiger partial charge in [-0.25, -0.2) is 0 Å². The minimum Gasteiger partial charge on any atom is -0.381 e. The molecule has 4 aliphatic heterocycles. The molecule has 0 radical (unpaired) electrons. The van der Waals surface area contributed by atoms with Crippen LogP contribution in [0.1, 0.15) is 38.5 Å². The van der Waals surface area contributed by atoms with Crippen LogP contribution >= 0.6 is 0 Å². The average Bonchev–Trinajstić information content (AvgIpc) is 3.23. The molecule has 5 heteroatoms. The number of carbonyl (C=O) groups excluding carboxylic acids is 1. The van der Waals surface area contributed by atoms with E-state index in [0.29, 0.717) is 12.0 Å². The number of hydrogen-bond donors (Lipinski definition) is 0. The Morgan fingerprint density at radius 1 is 1.00 bits per heavy atom. The van der Waals surface area contributed by atoms with Crippen LogP contribution in [0.15, 0.2) is 0 Å². The quantitative estimate of drug-likeness (QED) is 0.770. The Morgan fingerprint density at radius 2 is 1.77 bits per heavy atom. The van der Waals surface area contributed by atoms with E-state index in [-0.39, 0.29) is 18.1 Å². The summed E-state index contributed by atoms with van der Waals surface area (Å²) in [4.78, 5) is 17.1. The summed E-state index contributed by atoms with van der Waals surface area (Å²) < 4.78 is 11.7. The fourth-order valence-electron chi connectivity index (χ4n) is 4.64. The van der Waals surface area contributed by atoms with E-state index >= 15 is 0 Å². The number of piperidine rings is 1. The van der Waals surface area contributed by atoms with Crippen LogP contribution in [-0.4, -0.2) is 73.3 Å². The lowest BCUT2D eigenvalue weighted by molar-refractivity contribution is -0.142. The first-order valence-electron chi connectivity index (χ1n) is 9.07. The predicted molar refractivity (Wildman–Crippen MR) is 82.6 cm³/mol. The summed E-state index contributed by atoms with van der Waals surface area (Å²) in [6.07, 6.45) is 6.84. The fourth-order valence-corrected chi connectivity index (χ4v) is 4.64. The summed E-state index contributed by atoms with van der Waals surface area (Å²) in [6.45, 7) is 5.84. The van der Waals surface area contributed by atoms with Gasteiger partial charge in [-0.1, -0.05) is 0 Å². The van der Waals surface area contributed by atoms with E-state index < -0.39 is 0 Å². The maximum atomic E-state index is 12.5. The number of ether oxygens (including phenoxy) is 2. The summed E-state index contributed by atoms with van der Waals surface area (Å²) in [6, 6.07) is 0.659. The van der Waals surface area contributed by atoms with Gasteiger partial charge in [0, 0.05) is 38.9 Å². The summed E-state index contributed by atoms with van der Waals surface area (Å²) in [5.41, 5.74) is 0. The molecular formula is C17H28N2O3. The maximum Gasteiger partial charge on any atom is 0.251 e. The first-order valence-corrected chi connectivity index (χ1v) is 9.07. The van der Waals surface area contributed by atoms with E-state index in [0.717, 1.165) is 65.0 Å². The van der Waals surface area contributed by atoms with Gasteiger partial charge in [0.15, 0.2) is 0 Å². The van der Waals surface area contributed by atoms with Gasteiger partial charge in [-0.15, -0.1) is 0 Å². The summed E-state index contributed by atoms with van der Waals surface area (Å²) >= 11 is 0. The van der Waals surface area contributed by atoms with Crippen molar-refractivity contribution in [3.63, 3.8) is 0 Å². The first-order chi connectivity index (χ1) is 10.8. The van der Waals surface area contributed by atoms with Crippen molar-refractivity contribution < 1.29 is 14.3 Å². The molecule has 4 fully saturated rings. The monoisotopic (exact) mass is 308 g/mol. The van der Waals surface area contributed by atoms with Crippen molar-refractivity contribution >= 4 is 5.91 Å². The topological polar surface area (TPSA) is 42.0 Å². The van der Waals surface area contributed by atoms with Crippen molar-refractivity contribution in [3.8, 4) is 0 Å². The molecule has 1 amide bonds. The molecule has 3 atom stereocenters. The van der Waals surface area contributed by atoms with Gasteiger partial charge in [0.25, 0.3) is 5.91 Å². The van der Waals surface area contributed by atoms with Crippen molar-refractivity contribution in [1.29, 1.82) is 0 Å². The number of hydrogen-bond acceptors (Lipinski definition) is 4. The molecule has 0 bridgehead atoms. The molecule has 0 saturated carbocycles. The van der Waals surface area contributed by atoms with E-state index in [2.05, 4.69) is 4.90 Å². The Hall–Kier alpha value is -0.650. The van der Waals surface area contributed by atoms with Crippen LogP contribution in [-0.2, 0) is 14.3 Å². The van der Waals surface area contributed by atoms with E-state index in [1.165, 1.54) is 13.0 Å². The largest absolute Gasteiger partial charge is 0.381 e. The molecule has 4 heterocycles. The first kappa shape index (κ1) is 14.9. The molecule has 0 aromatic carbocycles. The van der Waals surface area contributed by atoms with Crippen LogP contribution in [0.3, 0.4) is 0 Å². The minimum atomic E-state index is -0.164. The van der Waals surface area contributed by atoms with Crippen LogP contribution in [0.25, 0.3) is 0 Å². The van der Waals surface area contributed by atoms with Gasteiger partial charge in [0.1, 0.15) is 6.10 Å². The Balaban J connectivity index is 1.34. The SMILES string of the molecule is O=C([C@@H]1C[C@H]2CCN(C3CCOCC3)C[C@H]2O1)N1CCCC1. The van der Waals surface area contributed by atoms with Gasteiger partial charge in [-0.3, -0.25) is 9.69 Å². The zero-order valence-corrected chi connectivity index (χ0v) is 13.4. The second-order valence-electron chi connectivity index (χ2n) is 7.32. The third kappa shape index (κ3) is 2.91. The van der Waals surface area contributed by atoms with Crippen molar-refractivity contribution in [2.75, 3.05) is 39.4 Å². The van der Waals surface area contributed by atoms with Crippen molar-refractivity contribution in [2.45, 2.75) is 56.8 Å². The second-order valence-corrected chi connectivity index (χ2v) is 7.32. The Morgan fingerprint density at radius 3 is 2.55 bits per heavy atom. The molecular weight excluding hydrogens is 280 g/mol. The van der Waals surface area contributed by atoms with E-state index in [9.17, 15) is 4.79 Å². The minimum absolute atomic E-state index is 0.164. The highest BCUT2D eigenvalue weighted by molar-refractivity contribution is 5.81. The number of fused-ring (bicyclic) bond motifs is 1. The molecule has 0 unspecified atom stereocenters. The standard InChI is InChI=1S/C17H28N2O3/c20-17(18-6-1-2-7-18)15-11-13-3-8-19(12-16(13)22-15)14-4-9-21-10-5-14/h13-16H,1-12H2/t13-,15+,16-/m1/s1. The van der Waals surface area contributed by atoms with E-state index in [1.807, 2.05) is 4.90 Å². The maximum absolute atomic E-state index is 12.5. The summed E-state index contributed by atoms with van der Waals surface area (Å²) in [7, 11) is 0. The molecule has 0 aliphatic carbocycles. The molecule has 0 N–H and O–H groups in total. The smallest absolute Gasteiger partial charge is 0.251 e. The molecule has 4 aliphatic rings. The average molecular weight is 308 g/mol. The molecule has 0 aromatic heterocycles. The highest BCUT2D eigenvalue weighted by Gasteiger charge is 2.44. The normalized spacial score (nSPS) is 37.5. The Kier molecular flexibility index (Phi) is 4.38. The number of amides is 1. The molecule has 22 heavy (non-hydrogen) atoms. The molecule has 0 aromatic rings. The molecule has 0 spiro atoms. The molecule has 5 nitrogen and oxygen atoms in total. The lowest BCUT2D eigenvalue weighted by Gasteiger charge is -2.40. The van der Waals surface area contributed by atoms with Crippen molar-refractivity contribution in [3.05, 3.63) is 0 Å². The predicted octanol–water partition coefficient (Wildman–Crippen LogP) is 1.27. The number of likely N-dealkylation sites (tertiary alicyclic amines) is 2. The van der Waals surface area contributed by atoms with Crippen LogP contribution in [0.4, 0.5) is 0 Å². The van der Waals surface area contributed by atoms with Gasteiger partial charge in [0.05, 0.1) is 6.10 Å². The van der Waals surface area contributed by atoms with Gasteiger partial charge in [-0.05, 0) is 51.0 Å². The third-order valence-electron chi connectivity index (χ3n) is 5.98. The van der Waals surface area contributed by atoms with Crippen LogP contribution in [0, 0.1) is 5.92 Å². The molecule has 4 rings (SSSR count). The zero-order valence-electron chi connectivity index (χ0n) is 13.4. The van der Waals surface area contributed by atoms with Gasteiger partial charge < -0.3 is 14.4 Å². The number of rotatable bonds is 2. The summed E-state index contributed by atoms with van der Waals surface area (Å²) in [5, 5.41) is 0. The van der Waals surface area contributed by atoms with Crippen LogP contribution in [0.2, 0.25) is 0 Å². The van der Waals surface area contributed by atoms with Gasteiger partial charge >= 0.3 is 0 Å². The zero-order chi connectivity index (χ0) is 14.9. The lowest BCUT2D eigenvalue weighted by Crippen LogP contribution is -2.49. The van der Waals surface area contributed by atoms with Crippen LogP contribution in [0.5, 0.6) is 0 Å². The molecule has 4 saturated heterocycles. The van der Waals surface area contributed by atoms with Crippen LogP contribution < -0.4 is 0 Å². The highest BCUT2D eigenvalue weighted by Crippen LogP contribution is 2.35. The van der Waals surface area contributed by atoms with Crippen molar-refractivity contribution in [2.24, 2.45) is 5.92 Å². The fraction of sp³-hybridized carbons (Fsp3) is 0.941. The third-order valence-corrected chi connectivity index (χ3v) is 5.98. The molecule has 124 valence electrons. The van der Waals surface area contributed by atoms with E-state index in [4.69, 9.17) is 9.47 Å². The van der Waals surface area contributed by atoms with Gasteiger partial charge in [0.2, 0.25) is 0 Å². The lowest BCUT2D eigenvalue weighted by atomic mass is 9.90. The highest BCUT2D eigenvalue weighted by atomic mass is 16.5. The second kappa shape index (κ2) is 6.46. The van der Waals surface area contributed by atoms with Gasteiger partial charge in [-0.2, -0.15) is 0 Å². The Labute approximate surface area is 132 Å². The van der Waals surface area contributed by atoms with E-state index in [1.54, 1.807) is 0 Å². The number of nitrogens with zero attached hydrogens (tertiary/aromatic N) is 2. The summed E-state index contributed by atoms with van der Waals surface area (Å²) in [5.74, 6) is 0.845. The van der Waals surface area contributed by atoms with Crippen molar-refractivity contribution in [1.82, 2.24) is 9.80 Å². The Bertz CT molecular complexity index is 405. The number of carbonyl (C=O) groups is 1.